The van der Waals surface area contributed by atoms with Gasteiger partial charge < -0.3 is 4.74 Å². The maximum atomic E-state index is 11.8. The van der Waals surface area contributed by atoms with Gasteiger partial charge in [0.05, 0.1) is 11.9 Å². The average Bonchev–Trinajstić information content (AvgIpc) is 2.50. The average molecular weight is 283 g/mol. The van der Waals surface area contributed by atoms with Crippen molar-refractivity contribution in [3.63, 3.8) is 0 Å². The van der Waals surface area contributed by atoms with Gasteiger partial charge in [-0.3, -0.25) is 9.78 Å². The topological polar surface area (TPSA) is 63.6 Å². The van der Waals surface area contributed by atoms with Gasteiger partial charge in [-0.15, -0.1) is 0 Å². The van der Waals surface area contributed by atoms with Crippen molar-refractivity contribution in [1.82, 2.24) is 10.4 Å². The minimum atomic E-state index is -0.631. The predicted molar refractivity (Wildman–Crippen MR) is 81.2 cm³/mol. The molecule has 5 heteroatoms. The van der Waals surface area contributed by atoms with Gasteiger partial charge in [0.1, 0.15) is 5.75 Å². The zero-order valence-electron chi connectivity index (χ0n) is 12.0. The second-order valence-electron chi connectivity index (χ2n) is 4.56. The van der Waals surface area contributed by atoms with Crippen molar-refractivity contribution in [1.29, 1.82) is 0 Å². The molecular weight excluding hydrogens is 266 g/mol. The molecule has 0 spiro atoms. The minimum absolute atomic E-state index is 0.317. The van der Waals surface area contributed by atoms with Crippen LogP contribution in [0.15, 0.2) is 53.8 Å². The molecule has 1 amide bonds. The number of aromatic nitrogens is 1. The van der Waals surface area contributed by atoms with Crippen LogP contribution in [0, 0.1) is 6.92 Å². The number of pyridine rings is 1. The number of carbonyl (C=O) groups is 1. The fourth-order valence-electron chi connectivity index (χ4n) is 1.58. The highest BCUT2D eigenvalue weighted by Crippen LogP contribution is 2.13. The summed E-state index contributed by atoms with van der Waals surface area (Å²) < 4.78 is 5.53. The highest BCUT2D eigenvalue weighted by atomic mass is 16.5. The quantitative estimate of drug-likeness (QED) is 0.676. The lowest BCUT2D eigenvalue weighted by Crippen LogP contribution is -2.33. The van der Waals surface area contributed by atoms with Gasteiger partial charge in [-0.25, -0.2) is 5.43 Å². The highest BCUT2D eigenvalue weighted by Gasteiger charge is 2.13. The summed E-state index contributed by atoms with van der Waals surface area (Å²) in [4.78, 5) is 15.9. The number of rotatable bonds is 5. The van der Waals surface area contributed by atoms with Gasteiger partial charge in [0, 0.05) is 6.20 Å². The van der Waals surface area contributed by atoms with Crippen molar-refractivity contribution < 1.29 is 9.53 Å². The number of ether oxygens (including phenoxy) is 1. The van der Waals surface area contributed by atoms with E-state index >= 15 is 0 Å². The summed E-state index contributed by atoms with van der Waals surface area (Å²) in [6.45, 7) is 3.66. The molecule has 0 radical (unpaired) electrons. The summed E-state index contributed by atoms with van der Waals surface area (Å²) in [5, 5.41) is 3.85. The Morgan fingerprint density at radius 3 is 2.71 bits per heavy atom. The number of hydrazone groups is 1. The largest absolute Gasteiger partial charge is 0.481 e. The lowest BCUT2D eigenvalue weighted by atomic mass is 10.2. The standard InChI is InChI=1S/C16H17N3O2/c1-12-6-8-15(9-7-12)21-13(2)16(20)19-18-11-14-5-3-4-10-17-14/h3-11,13H,1-2H3,(H,19,20). The van der Waals surface area contributed by atoms with Crippen LogP contribution in [0.2, 0.25) is 0 Å². The van der Waals surface area contributed by atoms with E-state index in [1.165, 1.54) is 6.21 Å². The lowest BCUT2D eigenvalue weighted by molar-refractivity contribution is -0.127. The van der Waals surface area contributed by atoms with Crippen LogP contribution >= 0.6 is 0 Å². The number of carbonyl (C=O) groups excluding carboxylic acids is 1. The fraction of sp³-hybridized carbons (Fsp3) is 0.188. The fourth-order valence-corrected chi connectivity index (χ4v) is 1.58. The second-order valence-corrected chi connectivity index (χ2v) is 4.56. The molecule has 1 N–H and O–H groups in total. The normalized spacial score (nSPS) is 12.1. The number of benzene rings is 1. The van der Waals surface area contributed by atoms with Crippen LogP contribution in [-0.4, -0.2) is 23.2 Å². The Labute approximate surface area is 123 Å². The van der Waals surface area contributed by atoms with Crippen molar-refractivity contribution in [3.8, 4) is 5.75 Å². The first-order chi connectivity index (χ1) is 10.1. The molecule has 0 saturated carbocycles. The van der Waals surface area contributed by atoms with Gasteiger partial charge >= 0.3 is 0 Å². The van der Waals surface area contributed by atoms with Gasteiger partial charge in [-0.1, -0.05) is 23.8 Å². The molecule has 0 fully saturated rings. The molecule has 0 aliphatic carbocycles. The Kier molecular flexibility index (Phi) is 5.04. The summed E-state index contributed by atoms with van der Waals surface area (Å²) in [6.07, 6.45) is 2.51. The minimum Gasteiger partial charge on any atom is -0.481 e. The monoisotopic (exact) mass is 283 g/mol. The Morgan fingerprint density at radius 1 is 1.29 bits per heavy atom. The van der Waals surface area contributed by atoms with E-state index in [0.29, 0.717) is 11.4 Å². The lowest BCUT2D eigenvalue weighted by Gasteiger charge is -2.12. The van der Waals surface area contributed by atoms with Crippen LogP contribution in [0.4, 0.5) is 0 Å². The van der Waals surface area contributed by atoms with E-state index in [1.807, 2.05) is 43.3 Å². The van der Waals surface area contributed by atoms with Crippen LogP contribution in [-0.2, 0) is 4.79 Å². The molecule has 1 atom stereocenters. The molecule has 1 unspecified atom stereocenters. The SMILES string of the molecule is Cc1ccc(OC(C)C(=O)NN=Cc2ccccn2)cc1. The summed E-state index contributed by atoms with van der Waals surface area (Å²) >= 11 is 0. The third-order valence-corrected chi connectivity index (χ3v) is 2.76. The van der Waals surface area contributed by atoms with E-state index in [4.69, 9.17) is 4.74 Å². The van der Waals surface area contributed by atoms with Crippen LogP contribution in [0.5, 0.6) is 5.75 Å². The molecule has 2 rings (SSSR count). The molecule has 1 aromatic heterocycles. The number of hydrogen-bond donors (Lipinski definition) is 1. The van der Waals surface area contributed by atoms with E-state index in [2.05, 4.69) is 15.5 Å². The van der Waals surface area contributed by atoms with Crippen molar-refractivity contribution in [3.05, 3.63) is 59.9 Å². The van der Waals surface area contributed by atoms with Crippen molar-refractivity contribution in [2.75, 3.05) is 0 Å². The first-order valence-corrected chi connectivity index (χ1v) is 6.62. The third-order valence-electron chi connectivity index (χ3n) is 2.76. The molecule has 21 heavy (non-hydrogen) atoms. The van der Waals surface area contributed by atoms with E-state index in [0.717, 1.165) is 5.56 Å². The maximum Gasteiger partial charge on any atom is 0.280 e. The Bertz CT molecular complexity index is 609. The summed E-state index contributed by atoms with van der Waals surface area (Å²) in [6, 6.07) is 13.0. The third kappa shape index (κ3) is 4.72. The molecule has 0 aliphatic heterocycles. The van der Waals surface area contributed by atoms with Crippen LogP contribution in [0.3, 0.4) is 0 Å². The van der Waals surface area contributed by atoms with Gasteiger partial charge in [0.25, 0.3) is 5.91 Å². The van der Waals surface area contributed by atoms with E-state index < -0.39 is 6.10 Å². The molecule has 1 heterocycles. The molecule has 2 aromatic rings. The first kappa shape index (κ1) is 14.7. The summed E-state index contributed by atoms with van der Waals surface area (Å²) in [5.74, 6) is 0.333. The zero-order chi connectivity index (χ0) is 15.1. The Hall–Kier alpha value is -2.69. The Morgan fingerprint density at radius 2 is 2.05 bits per heavy atom. The molecule has 1 aromatic carbocycles. The number of nitrogens with one attached hydrogen (secondary N) is 1. The number of hydrogen-bond acceptors (Lipinski definition) is 4. The second kappa shape index (κ2) is 7.19. The number of aryl methyl sites for hydroxylation is 1. The van der Waals surface area contributed by atoms with Gasteiger partial charge in [0.15, 0.2) is 6.10 Å². The van der Waals surface area contributed by atoms with Gasteiger partial charge in [0.2, 0.25) is 0 Å². The van der Waals surface area contributed by atoms with Crippen LogP contribution in [0.25, 0.3) is 0 Å². The molecule has 5 nitrogen and oxygen atoms in total. The molecular formula is C16H17N3O2. The summed E-state index contributed by atoms with van der Waals surface area (Å²) in [5.41, 5.74) is 4.24. The van der Waals surface area contributed by atoms with Crippen molar-refractivity contribution in [2.45, 2.75) is 20.0 Å². The molecule has 108 valence electrons. The smallest absolute Gasteiger partial charge is 0.280 e. The van der Waals surface area contributed by atoms with Crippen LogP contribution in [0.1, 0.15) is 18.2 Å². The first-order valence-electron chi connectivity index (χ1n) is 6.62. The highest BCUT2D eigenvalue weighted by molar-refractivity contribution is 5.83. The van der Waals surface area contributed by atoms with E-state index in [1.54, 1.807) is 19.2 Å². The van der Waals surface area contributed by atoms with E-state index in [9.17, 15) is 4.79 Å². The Balaban J connectivity index is 1.85. The number of amides is 1. The molecule has 0 aliphatic rings. The predicted octanol–water partition coefficient (Wildman–Crippen LogP) is 2.31. The molecule has 0 bridgehead atoms. The molecule has 0 saturated heterocycles. The van der Waals surface area contributed by atoms with Crippen LogP contribution < -0.4 is 10.2 Å². The van der Waals surface area contributed by atoms with E-state index in [-0.39, 0.29) is 5.91 Å². The van der Waals surface area contributed by atoms with Gasteiger partial charge in [-0.05, 0) is 38.1 Å². The van der Waals surface area contributed by atoms with Crippen molar-refractivity contribution in [2.24, 2.45) is 5.10 Å². The number of nitrogens with zero attached hydrogens (tertiary/aromatic N) is 2. The zero-order valence-corrected chi connectivity index (χ0v) is 12.0. The maximum absolute atomic E-state index is 11.8. The van der Waals surface area contributed by atoms with Gasteiger partial charge in [-0.2, -0.15) is 5.10 Å². The summed E-state index contributed by atoms with van der Waals surface area (Å²) in [7, 11) is 0. The van der Waals surface area contributed by atoms with Crippen molar-refractivity contribution >= 4 is 12.1 Å².